The summed E-state index contributed by atoms with van der Waals surface area (Å²) in [6.07, 6.45) is 0. The lowest BCUT2D eigenvalue weighted by Gasteiger charge is -2.12. The van der Waals surface area contributed by atoms with E-state index in [1.54, 1.807) is 0 Å². The van der Waals surface area contributed by atoms with Crippen LogP contribution in [0, 0.1) is 0 Å². The lowest BCUT2D eigenvalue weighted by atomic mass is 10.4. The van der Waals surface area contributed by atoms with Gasteiger partial charge >= 0.3 is 0 Å². The number of nitrogens with one attached hydrogen (secondary N) is 1. The van der Waals surface area contributed by atoms with E-state index in [0.29, 0.717) is 5.69 Å². The Morgan fingerprint density at radius 2 is 2.00 bits per heavy atom. The van der Waals surface area contributed by atoms with Crippen molar-refractivity contribution >= 4 is 38.9 Å². The maximum absolute atomic E-state index is 11.5. The molecule has 96 valence electrons. The molecule has 0 saturated heterocycles. The number of anilines is 1. The van der Waals surface area contributed by atoms with Crippen molar-refractivity contribution in [1.82, 2.24) is 14.5 Å². The first kappa shape index (κ1) is 14.4. The third kappa shape index (κ3) is 4.27. The minimum absolute atomic E-state index is 0.0454. The molecule has 0 fully saturated rings. The highest BCUT2D eigenvalue weighted by atomic mass is 35.5. The Bertz CT molecular complexity index is 492. The molecule has 1 aromatic heterocycles. The second-order valence-electron chi connectivity index (χ2n) is 3.40. The molecule has 0 aliphatic rings. The number of halogens is 2. The van der Waals surface area contributed by atoms with E-state index in [1.165, 1.54) is 20.2 Å². The van der Waals surface area contributed by atoms with E-state index < -0.39 is 10.0 Å². The summed E-state index contributed by atoms with van der Waals surface area (Å²) in [4.78, 5) is 0. The number of nitrogens with zero attached hydrogens (tertiary/aromatic N) is 3. The van der Waals surface area contributed by atoms with Crippen molar-refractivity contribution in [2.75, 3.05) is 31.7 Å². The van der Waals surface area contributed by atoms with Crippen LogP contribution in [0.25, 0.3) is 0 Å². The molecule has 0 atom stereocenters. The highest BCUT2D eigenvalue weighted by molar-refractivity contribution is 7.89. The van der Waals surface area contributed by atoms with Crippen LogP contribution >= 0.6 is 23.2 Å². The van der Waals surface area contributed by atoms with Gasteiger partial charge in [0.25, 0.3) is 0 Å². The van der Waals surface area contributed by atoms with Gasteiger partial charge < -0.3 is 5.32 Å². The van der Waals surface area contributed by atoms with Crippen molar-refractivity contribution in [3.63, 3.8) is 0 Å². The van der Waals surface area contributed by atoms with Crippen LogP contribution in [0.2, 0.25) is 10.3 Å². The zero-order chi connectivity index (χ0) is 13.1. The quantitative estimate of drug-likeness (QED) is 0.880. The van der Waals surface area contributed by atoms with Crippen LogP contribution in [0.1, 0.15) is 0 Å². The lowest BCUT2D eigenvalue weighted by Crippen LogP contribution is -2.28. The molecule has 1 heterocycles. The topological polar surface area (TPSA) is 75.2 Å². The zero-order valence-corrected chi connectivity index (χ0v) is 11.6. The maximum atomic E-state index is 11.5. The van der Waals surface area contributed by atoms with Crippen LogP contribution in [0.3, 0.4) is 0 Å². The number of sulfonamides is 1. The van der Waals surface area contributed by atoms with Gasteiger partial charge in [-0.3, -0.25) is 0 Å². The fourth-order valence-electron chi connectivity index (χ4n) is 0.974. The monoisotopic (exact) mass is 298 g/mol. The number of hydrogen-bond acceptors (Lipinski definition) is 5. The van der Waals surface area contributed by atoms with Gasteiger partial charge in [-0.25, -0.2) is 12.7 Å². The Morgan fingerprint density at radius 3 is 2.59 bits per heavy atom. The molecule has 17 heavy (non-hydrogen) atoms. The minimum atomic E-state index is -3.23. The van der Waals surface area contributed by atoms with Crippen molar-refractivity contribution in [2.45, 2.75) is 0 Å². The van der Waals surface area contributed by atoms with Gasteiger partial charge in [0.1, 0.15) is 0 Å². The third-order valence-corrected chi connectivity index (χ3v) is 4.25. The van der Waals surface area contributed by atoms with Gasteiger partial charge in [0, 0.05) is 26.7 Å². The largest absolute Gasteiger partial charge is 0.381 e. The first-order valence-corrected chi connectivity index (χ1v) is 7.02. The maximum Gasteiger partial charge on any atom is 0.215 e. The molecule has 0 aliphatic heterocycles. The molecule has 1 aromatic rings. The minimum Gasteiger partial charge on any atom is -0.381 e. The summed E-state index contributed by atoms with van der Waals surface area (Å²) in [5.41, 5.74) is 0.459. The number of rotatable bonds is 5. The van der Waals surface area contributed by atoms with Crippen LogP contribution in [-0.4, -0.2) is 49.3 Å². The van der Waals surface area contributed by atoms with E-state index in [2.05, 4.69) is 15.5 Å². The molecule has 6 nitrogen and oxygen atoms in total. The average molecular weight is 299 g/mol. The normalized spacial score (nSPS) is 11.8. The van der Waals surface area contributed by atoms with E-state index in [0.717, 1.165) is 4.31 Å². The molecule has 0 aromatic carbocycles. The number of hydrogen-bond donors (Lipinski definition) is 1. The first-order chi connectivity index (χ1) is 7.83. The molecule has 0 saturated carbocycles. The van der Waals surface area contributed by atoms with E-state index in [9.17, 15) is 8.42 Å². The van der Waals surface area contributed by atoms with Crippen molar-refractivity contribution in [2.24, 2.45) is 0 Å². The summed E-state index contributed by atoms with van der Waals surface area (Å²) in [5, 5.41) is 10.3. The summed E-state index contributed by atoms with van der Waals surface area (Å²) in [5.74, 6) is -0.0454. The summed E-state index contributed by atoms with van der Waals surface area (Å²) in [7, 11) is -0.274. The predicted molar refractivity (Wildman–Crippen MR) is 68.0 cm³/mol. The molecule has 0 radical (unpaired) electrons. The standard InChI is InChI=1S/C8H12Cl2N4O2S/c1-14(2)17(15,16)4-3-11-6-5-7(9)12-13-8(6)10/h5H,3-4H2,1-2H3,(H,11,12). The van der Waals surface area contributed by atoms with E-state index in [-0.39, 0.29) is 22.6 Å². The summed E-state index contributed by atoms with van der Waals surface area (Å²) in [6, 6.07) is 1.49. The fourth-order valence-corrected chi connectivity index (χ4v) is 2.01. The molecule has 1 N–H and O–H groups in total. The van der Waals surface area contributed by atoms with Gasteiger partial charge in [0.05, 0.1) is 11.4 Å². The van der Waals surface area contributed by atoms with Crippen molar-refractivity contribution in [1.29, 1.82) is 0 Å². The molecule has 0 spiro atoms. The van der Waals surface area contributed by atoms with Gasteiger partial charge in [0.15, 0.2) is 10.3 Å². The molecular formula is C8H12Cl2N4O2S. The van der Waals surface area contributed by atoms with Crippen molar-refractivity contribution < 1.29 is 8.42 Å². The highest BCUT2D eigenvalue weighted by Gasteiger charge is 2.13. The Kier molecular flexibility index (Phi) is 4.93. The molecule has 0 unspecified atom stereocenters. The SMILES string of the molecule is CN(C)S(=O)(=O)CCNc1cc(Cl)nnc1Cl. The van der Waals surface area contributed by atoms with Gasteiger partial charge in [-0.1, -0.05) is 23.2 Å². The second kappa shape index (κ2) is 5.81. The van der Waals surface area contributed by atoms with Gasteiger partial charge in [-0.2, -0.15) is 0 Å². The first-order valence-electron chi connectivity index (χ1n) is 4.66. The van der Waals surface area contributed by atoms with Gasteiger partial charge in [-0.05, 0) is 0 Å². The van der Waals surface area contributed by atoms with Gasteiger partial charge in [0.2, 0.25) is 10.0 Å². The van der Waals surface area contributed by atoms with E-state index in [1.807, 2.05) is 0 Å². The molecule has 1 rings (SSSR count). The van der Waals surface area contributed by atoms with Crippen LogP contribution in [0.15, 0.2) is 6.07 Å². The average Bonchev–Trinajstić information content (AvgIpc) is 2.22. The smallest absolute Gasteiger partial charge is 0.215 e. The van der Waals surface area contributed by atoms with Crippen LogP contribution in [-0.2, 0) is 10.0 Å². The molecule has 9 heteroatoms. The molecule has 0 aliphatic carbocycles. The summed E-state index contributed by atoms with van der Waals surface area (Å²) < 4.78 is 24.1. The Labute approximate surface area is 110 Å². The van der Waals surface area contributed by atoms with E-state index >= 15 is 0 Å². The fraction of sp³-hybridized carbons (Fsp3) is 0.500. The molecule has 0 bridgehead atoms. The highest BCUT2D eigenvalue weighted by Crippen LogP contribution is 2.20. The van der Waals surface area contributed by atoms with Gasteiger partial charge in [-0.15, -0.1) is 10.2 Å². The second-order valence-corrected chi connectivity index (χ2v) is 6.44. The lowest BCUT2D eigenvalue weighted by molar-refractivity contribution is 0.521. The van der Waals surface area contributed by atoms with Crippen molar-refractivity contribution in [3.8, 4) is 0 Å². The predicted octanol–water partition coefficient (Wildman–Crippen LogP) is 1.09. The number of aromatic nitrogens is 2. The zero-order valence-electron chi connectivity index (χ0n) is 9.31. The van der Waals surface area contributed by atoms with E-state index in [4.69, 9.17) is 23.2 Å². The van der Waals surface area contributed by atoms with Crippen LogP contribution in [0.4, 0.5) is 5.69 Å². The summed E-state index contributed by atoms with van der Waals surface area (Å²) >= 11 is 11.4. The van der Waals surface area contributed by atoms with Crippen LogP contribution in [0.5, 0.6) is 0 Å². The summed E-state index contributed by atoms with van der Waals surface area (Å²) in [6.45, 7) is 0.211. The Morgan fingerprint density at radius 1 is 1.35 bits per heavy atom. The Balaban J connectivity index is 2.60. The third-order valence-electron chi connectivity index (χ3n) is 1.95. The van der Waals surface area contributed by atoms with Crippen LogP contribution < -0.4 is 5.32 Å². The Hall–Kier alpha value is -0.630. The molecular weight excluding hydrogens is 287 g/mol. The molecule has 0 amide bonds. The van der Waals surface area contributed by atoms with Crippen molar-refractivity contribution in [3.05, 3.63) is 16.4 Å².